The molecular formula is C73H96ClN13O14S2. The van der Waals surface area contributed by atoms with Crippen LogP contribution in [-0.4, -0.2) is 159 Å². The summed E-state index contributed by atoms with van der Waals surface area (Å²) in [4.78, 5) is 117. The summed E-state index contributed by atoms with van der Waals surface area (Å²) in [6.07, 6.45) is 8.30. The Morgan fingerprint density at radius 2 is 1.57 bits per heavy atom. The second kappa shape index (κ2) is 34.2. The van der Waals surface area contributed by atoms with Crippen LogP contribution in [-0.2, 0) is 64.9 Å². The van der Waals surface area contributed by atoms with E-state index >= 15 is 0 Å². The number of alkyl halides is 1. The number of pyridine rings is 1. The van der Waals surface area contributed by atoms with Gasteiger partial charge in [-0.1, -0.05) is 95.7 Å². The molecule has 10 N–H and O–H groups in total. The summed E-state index contributed by atoms with van der Waals surface area (Å²) in [6.45, 7) is 15.6. The Bertz CT molecular complexity index is 4150. The maximum absolute atomic E-state index is 14.0. The number of thiazole rings is 1. The van der Waals surface area contributed by atoms with Crippen LogP contribution in [0.2, 0.25) is 0 Å². The number of halogens is 1. The fourth-order valence-electron chi connectivity index (χ4n) is 15.5. The number of carbonyl (C=O) groups excluding carboxylic acids is 7. The number of para-hydroxylation sites is 1. The van der Waals surface area contributed by atoms with Crippen LogP contribution in [0, 0.1) is 29.1 Å². The average Bonchev–Trinajstić information content (AvgIpc) is 1.48. The molecular weight excluding hydrogens is 1380 g/mol. The van der Waals surface area contributed by atoms with Gasteiger partial charge in [-0.25, -0.2) is 24.4 Å². The lowest BCUT2D eigenvalue weighted by Crippen LogP contribution is -2.58. The third-order valence-corrected chi connectivity index (χ3v) is 21.5. The number of benzene rings is 3. The van der Waals surface area contributed by atoms with E-state index in [1.807, 2.05) is 59.0 Å². The first kappa shape index (κ1) is 78.4. The monoisotopic (exact) mass is 1480 g/mol. The molecule has 0 radical (unpaired) electrons. The van der Waals surface area contributed by atoms with Crippen molar-refractivity contribution in [3.8, 4) is 11.1 Å². The van der Waals surface area contributed by atoms with Crippen LogP contribution in [0.1, 0.15) is 162 Å². The first-order chi connectivity index (χ1) is 48.9. The highest BCUT2D eigenvalue weighted by Crippen LogP contribution is 2.64. The first-order valence-electron chi connectivity index (χ1n) is 35.0. The number of anilines is 3. The fraction of sp³-hybridized carbons (Fsp3) is 0.521. The second-order valence-corrected chi connectivity index (χ2v) is 31.9. The Hall–Kier alpha value is -8.77. The van der Waals surface area contributed by atoms with E-state index in [2.05, 4.69) is 64.6 Å². The minimum Gasteiger partial charge on any atom is -0.476 e. The molecule has 2 fully saturated rings. The van der Waals surface area contributed by atoms with Gasteiger partial charge in [0, 0.05) is 80.3 Å². The number of nitrogens with two attached hydrogens (primary N) is 1. The Morgan fingerprint density at radius 3 is 2.28 bits per heavy atom. The van der Waals surface area contributed by atoms with E-state index in [0.29, 0.717) is 104 Å². The van der Waals surface area contributed by atoms with Crippen molar-refractivity contribution in [3.05, 3.63) is 119 Å². The van der Waals surface area contributed by atoms with Gasteiger partial charge >= 0.3 is 18.1 Å². The van der Waals surface area contributed by atoms with Crippen LogP contribution in [0.15, 0.2) is 85.1 Å². The standard InChI is InChI=1S/C73H96ClN13O14S2/c1-8-72(45-87-47(4)53(37-78-87)51-26-27-58(82-62(51)66(93)94)86-31-28-49-16-14-17-52(54(49)38-86)63(90)84-68-81-55-18-11-12-20-57(55)102-68)42-71(7)40-70(5,6)41-73(43-71,44-72)101-34-32-85(33-35-103(97,98)99)69(96)100-39-48-22-24-50(25-23-48)79-64(91)56(19-15-30-77-67(75)95)80-65(92)61(46(2)3)83-59(88)21-10-9-13-29-76-60(89)36-74/h11-12,14,16-18,20,22-27,37,46,56,61H,8-10,13,15,19,21,28-36,38-45H2,1-7H3,(H,76,89)(H,79,91)(H,80,92)(H,83,88)(H,93,94)(H3,75,77,95)(H,81,84,90)(H,97,98,99)/t56-,61?,71?,72?,73?/m0/s1. The van der Waals surface area contributed by atoms with E-state index in [0.717, 1.165) is 52.7 Å². The molecule has 8 amide bonds. The number of carbonyl (C=O) groups is 8. The number of aromatic nitrogens is 4. The smallest absolute Gasteiger partial charge is 0.410 e. The number of ether oxygens (including phenoxy) is 2. The van der Waals surface area contributed by atoms with Crippen LogP contribution in [0.5, 0.6) is 0 Å². The Labute approximate surface area is 609 Å². The van der Waals surface area contributed by atoms with Crippen LogP contribution in [0.3, 0.4) is 0 Å². The van der Waals surface area contributed by atoms with E-state index in [1.54, 1.807) is 56.4 Å². The zero-order valence-electron chi connectivity index (χ0n) is 59.5. The number of nitrogens with one attached hydrogen (secondary N) is 6. The van der Waals surface area contributed by atoms with Crippen molar-refractivity contribution < 1.29 is 65.9 Å². The van der Waals surface area contributed by atoms with Crippen molar-refractivity contribution in [3.63, 3.8) is 0 Å². The van der Waals surface area contributed by atoms with Crippen molar-refractivity contribution in [2.75, 3.05) is 66.5 Å². The highest BCUT2D eigenvalue weighted by Gasteiger charge is 2.59. The fourth-order valence-corrected chi connectivity index (χ4v) is 16.9. The molecule has 6 aromatic rings. The van der Waals surface area contributed by atoms with E-state index in [9.17, 15) is 56.4 Å². The van der Waals surface area contributed by atoms with Crippen molar-refractivity contribution >= 4 is 108 Å². The third kappa shape index (κ3) is 21.2. The molecule has 2 aliphatic carbocycles. The summed E-state index contributed by atoms with van der Waals surface area (Å²) in [7, 11) is -4.52. The first-order valence-corrected chi connectivity index (χ1v) is 38.0. The molecule has 9 rings (SSSR count). The minimum atomic E-state index is -4.52. The molecule has 2 bridgehead atoms. The van der Waals surface area contributed by atoms with E-state index in [-0.39, 0.29) is 97.0 Å². The van der Waals surface area contributed by atoms with Crippen LogP contribution >= 0.6 is 22.9 Å². The summed E-state index contributed by atoms with van der Waals surface area (Å²) in [5, 5.41) is 32.7. The molecule has 0 spiro atoms. The summed E-state index contributed by atoms with van der Waals surface area (Å²) >= 11 is 6.92. The Kier molecular flexibility index (Phi) is 26.0. The molecule has 556 valence electrons. The number of carboxylic acids is 1. The quantitative estimate of drug-likeness (QED) is 0.0103. The van der Waals surface area contributed by atoms with Gasteiger partial charge in [-0.05, 0) is 159 Å². The highest BCUT2D eigenvalue weighted by atomic mass is 35.5. The molecule has 5 atom stereocenters. The van der Waals surface area contributed by atoms with Gasteiger partial charge in [-0.15, -0.1) is 11.6 Å². The lowest BCUT2D eigenvalue weighted by Gasteiger charge is -2.62. The third-order valence-electron chi connectivity index (χ3n) is 19.6. The van der Waals surface area contributed by atoms with Gasteiger partial charge < -0.3 is 56.7 Å². The normalized spacial score (nSPS) is 19.0. The molecule has 1 aliphatic heterocycles. The van der Waals surface area contributed by atoms with E-state index in [1.165, 1.54) is 16.2 Å². The number of rotatable bonds is 34. The van der Waals surface area contributed by atoms with Crippen molar-refractivity contribution in [2.24, 2.45) is 27.9 Å². The number of unbranched alkanes of at least 4 members (excludes halogenated alkanes) is 2. The molecule has 103 heavy (non-hydrogen) atoms. The maximum Gasteiger partial charge on any atom is 0.410 e. The number of amides is 8. The zero-order valence-corrected chi connectivity index (χ0v) is 61.9. The number of nitrogens with zero attached hydrogens (tertiary/aromatic N) is 6. The zero-order chi connectivity index (χ0) is 74.4. The minimum absolute atomic E-state index is 0.00828. The number of primary amides is 1. The number of aromatic carboxylic acids is 1. The summed E-state index contributed by atoms with van der Waals surface area (Å²) in [5.41, 5.74) is 9.55. The lowest BCUT2D eigenvalue weighted by molar-refractivity contribution is -0.198. The molecule has 30 heteroatoms. The number of hydrogen-bond donors (Lipinski definition) is 9. The Balaban J connectivity index is 0.829. The molecule has 4 heterocycles. The SMILES string of the molecule is CCC1(Cn2ncc(-c3ccc(N4CCc5cccc(C(=O)Nc6nc7ccccc7s6)c5C4)nc3C(=O)O)c2C)CC2(C)CC(C)(C)CC(OCCN(CCS(=O)(=O)O)C(=O)OCc3ccc(NC(=O)[C@H](CCCNC(N)=O)NC(=O)C(NC(=O)CCCCCNC(=O)CCl)C(C)C)cc3)(C2)C1. The van der Waals surface area contributed by atoms with Gasteiger partial charge in [-0.2, -0.15) is 13.5 Å². The van der Waals surface area contributed by atoms with Gasteiger partial charge in [0.15, 0.2) is 10.8 Å². The molecule has 3 aromatic carbocycles. The molecule has 0 saturated heterocycles. The molecule has 3 aliphatic rings. The van der Waals surface area contributed by atoms with Crippen molar-refractivity contribution in [2.45, 2.75) is 169 Å². The van der Waals surface area contributed by atoms with E-state index < -0.39 is 70.0 Å². The van der Waals surface area contributed by atoms with Crippen LogP contribution in [0.25, 0.3) is 21.3 Å². The number of hydrogen-bond acceptors (Lipinski definition) is 17. The number of urea groups is 1. The number of carboxylic acid groups (broad SMARTS) is 1. The van der Waals surface area contributed by atoms with Crippen LogP contribution < -0.4 is 42.5 Å². The van der Waals surface area contributed by atoms with E-state index in [4.69, 9.17) is 36.9 Å². The maximum atomic E-state index is 14.0. The van der Waals surface area contributed by atoms with Gasteiger partial charge in [0.25, 0.3) is 16.0 Å². The topological polar surface area (TPSA) is 378 Å². The van der Waals surface area contributed by atoms with Crippen molar-refractivity contribution in [1.29, 1.82) is 0 Å². The molecule has 2 saturated carbocycles. The molecule has 3 aromatic heterocycles. The van der Waals surface area contributed by atoms with Gasteiger partial charge in [-0.3, -0.25) is 38.5 Å². The highest BCUT2D eigenvalue weighted by molar-refractivity contribution is 7.85. The summed E-state index contributed by atoms with van der Waals surface area (Å²) in [5.74, 6) is -4.09. The van der Waals surface area contributed by atoms with Gasteiger partial charge in [0.2, 0.25) is 23.6 Å². The predicted molar refractivity (Wildman–Crippen MR) is 393 cm³/mol. The molecule has 27 nitrogen and oxygen atoms in total. The van der Waals surface area contributed by atoms with Crippen LogP contribution in [0.4, 0.5) is 26.2 Å². The summed E-state index contributed by atoms with van der Waals surface area (Å²) in [6, 6.07) is 20.5. The number of fused-ring (bicyclic) bond motifs is 4. The van der Waals surface area contributed by atoms with Gasteiger partial charge in [0.1, 0.15) is 30.4 Å². The largest absolute Gasteiger partial charge is 0.476 e. The Morgan fingerprint density at radius 1 is 0.816 bits per heavy atom. The summed E-state index contributed by atoms with van der Waals surface area (Å²) < 4.78 is 50.0. The predicted octanol–water partition coefficient (Wildman–Crippen LogP) is 9.99. The second-order valence-electron chi connectivity index (χ2n) is 29.1. The average molecular weight is 1480 g/mol. The van der Waals surface area contributed by atoms with Gasteiger partial charge in [0.05, 0.1) is 34.4 Å². The molecule has 4 unspecified atom stereocenters. The van der Waals surface area contributed by atoms with Crippen molar-refractivity contribution in [1.82, 2.24) is 45.9 Å². The lowest BCUT2D eigenvalue weighted by atomic mass is 9.47.